The van der Waals surface area contributed by atoms with Crippen LogP contribution in [-0.2, 0) is 9.53 Å². The first-order valence-electron chi connectivity index (χ1n) is 6.93. The number of carboxylic acids is 1. The maximum atomic E-state index is 11.5. The van der Waals surface area contributed by atoms with Gasteiger partial charge in [-0.15, -0.1) is 0 Å². The lowest BCUT2D eigenvalue weighted by molar-refractivity contribution is -0.145. The Hall–Kier alpha value is -0.650. The van der Waals surface area contributed by atoms with E-state index in [4.69, 9.17) is 4.74 Å². The summed E-state index contributed by atoms with van der Waals surface area (Å²) in [7, 11) is 0. The van der Waals surface area contributed by atoms with Crippen LogP contribution in [-0.4, -0.2) is 60.9 Å². The number of carboxylic acid groups (broad SMARTS) is 1. The molecule has 18 heavy (non-hydrogen) atoms. The Labute approximate surface area is 109 Å². The van der Waals surface area contributed by atoms with E-state index in [0.717, 1.165) is 26.1 Å². The van der Waals surface area contributed by atoms with Crippen molar-refractivity contribution in [3.05, 3.63) is 0 Å². The van der Waals surface area contributed by atoms with E-state index in [0.29, 0.717) is 32.6 Å². The first kappa shape index (κ1) is 15.4. The van der Waals surface area contributed by atoms with Crippen LogP contribution in [0, 0.1) is 0 Å². The third-order valence-electron chi connectivity index (χ3n) is 3.76. The van der Waals surface area contributed by atoms with Crippen LogP contribution in [0.4, 0.5) is 0 Å². The van der Waals surface area contributed by atoms with Crippen molar-refractivity contribution in [2.75, 3.05) is 39.4 Å². The zero-order chi connectivity index (χ0) is 13.4. The van der Waals surface area contributed by atoms with E-state index in [1.165, 1.54) is 0 Å². The quantitative estimate of drug-likeness (QED) is 0.711. The highest BCUT2D eigenvalue weighted by atomic mass is 16.5. The maximum Gasteiger partial charge on any atom is 0.323 e. The van der Waals surface area contributed by atoms with Crippen LogP contribution >= 0.6 is 0 Å². The Balaban J connectivity index is 2.49. The van der Waals surface area contributed by atoms with Gasteiger partial charge in [0.15, 0.2) is 0 Å². The molecular formula is C13H26N2O3. The number of rotatable bonds is 7. The Morgan fingerprint density at radius 1 is 1.33 bits per heavy atom. The van der Waals surface area contributed by atoms with Crippen LogP contribution in [0.25, 0.3) is 0 Å². The molecule has 1 unspecified atom stereocenters. The minimum atomic E-state index is -0.788. The lowest BCUT2D eigenvalue weighted by Crippen LogP contribution is -2.54. The van der Waals surface area contributed by atoms with Gasteiger partial charge in [0.1, 0.15) is 5.54 Å². The standard InChI is InChI=1S/C13H26N2O3/c1-3-15(4-2)9-8-14-13(12(16)17)6-5-10-18-11-7-13/h14H,3-11H2,1-2H3,(H,16,17). The van der Waals surface area contributed by atoms with E-state index in [2.05, 4.69) is 24.1 Å². The van der Waals surface area contributed by atoms with Gasteiger partial charge >= 0.3 is 5.97 Å². The molecule has 0 aliphatic carbocycles. The molecule has 0 saturated carbocycles. The normalized spacial score (nSPS) is 25.1. The highest BCUT2D eigenvalue weighted by molar-refractivity contribution is 5.78. The van der Waals surface area contributed by atoms with Gasteiger partial charge in [-0.1, -0.05) is 13.8 Å². The Morgan fingerprint density at radius 3 is 2.67 bits per heavy atom. The summed E-state index contributed by atoms with van der Waals surface area (Å²) in [5.74, 6) is -0.743. The second-order valence-electron chi connectivity index (χ2n) is 4.81. The summed E-state index contributed by atoms with van der Waals surface area (Å²) >= 11 is 0. The molecule has 106 valence electrons. The van der Waals surface area contributed by atoms with Crippen molar-refractivity contribution >= 4 is 5.97 Å². The molecule has 1 rings (SSSR count). The molecule has 5 heteroatoms. The monoisotopic (exact) mass is 258 g/mol. The first-order chi connectivity index (χ1) is 8.64. The number of likely N-dealkylation sites (N-methyl/N-ethyl adjacent to an activating group) is 1. The average molecular weight is 258 g/mol. The molecule has 1 saturated heterocycles. The summed E-state index contributed by atoms with van der Waals surface area (Å²) in [6.45, 7) is 9.06. The molecule has 0 aromatic carbocycles. The summed E-state index contributed by atoms with van der Waals surface area (Å²) in [6, 6.07) is 0. The van der Waals surface area contributed by atoms with Crippen molar-refractivity contribution in [2.45, 2.75) is 38.6 Å². The fourth-order valence-corrected chi connectivity index (χ4v) is 2.41. The number of nitrogens with zero attached hydrogens (tertiary/aromatic N) is 1. The summed E-state index contributed by atoms with van der Waals surface area (Å²) in [4.78, 5) is 13.8. The van der Waals surface area contributed by atoms with Crippen molar-refractivity contribution in [1.29, 1.82) is 0 Å². The molecule has 1 atom stereocenters. The zero-order valence-corrected chi connectivity index (χ0v) is 11.6. The molecule has 0 spiro atoms. The number of aliphatic carboxylic acids is 1. The smallest absolute Gasteiger partial charge is 0.323 e. The van der Waals surface area contributed by atoms with E-state index >= 15 is 0 Å². The lowest BCUT2D eigenvalue weighted by Gasteiger charge is -2.30. The Kier molecular flexibility index (Phi) is 6.60. The molecular weight excluding hydrogens is 232 g/mol. The maximum absolute atomic E-state index is 11.5. The number of nitrogens with one attached hydrogen (secondary N) is 1. The minimum absolute atomic E-state index is 0.532. The van der Waals surface area contributed by atoms with Gasteiger partial charge in [-0.25, -0.2) is 0 Å². The van der Waals surface area contributed by atoms with Gasteiger partial charge in [0.05, 0.1) is 0 Å². The van der Waals surface area contributed by atoms with E-state index < -0.39 is 11.5 Å². The van der Waals surface area contributed by atoms with E-state index in [1.54, 1.807) is 0 Å². The third-order valence-corrected chi connectivity index (χ3v) is 3.76. The minimum Gasteiger partial charge on any atom is -0.480 e. The number of carbonyl (C=O) groups is 1. The molecule has 0 bridgehead atoms. The molecule has 2 N–H and O–H groups in total. The second-order valence-corrected chi connectivity index (χ2v) is 4.81. The van der Waals surface area contributed by atoms with Gasteiger partial charge < -0.3 is 20.1 Å². The fourth-order valence-electron chi connectivity index (χ4n) is 2.41. The highest BCUT2D eigenvalue weighted by Gasteiger charge is 2.38. The van der Waals surface area contributed by atoms with Gasteiger partial charge in [0.25, 0.3) is 0 Å². The fraction of sp³-hybridized carbons (Fsp3) is 0.923. The van der Waals surface area contributed by atoms with Crippen LogP contribution in [0.3, 0.4) is 0 Å². The number of ether oxygens (including phenoxy) is 1. The zero-order valence-electron chi connectivity index (χ0n) is 11.6. The van der Waals surface area contributed by atoms with Crippen LogP contribution in [0.1, 0.15) is 33.1 Å². The summed E-state index contributed by atoms with van der Waals surface area (Å²) in [5, 5.41) is 12.7. The molecule has 0 aromatic rings. The molecule has 0 amide bonds. The van der Waals surface area contributed by atoms with Crippen molar-refractivity contribution < 1.29 is 14.6 Å². The van der Waals surface area contributed by atoms with Gasteiger partial charge in [0.2, 0.25) is 0 Å². The number of hydrogen-bond donors (Lipinski definition) is 2. The topological polar surface area (TPSA) is 61.8 Å². The van der Waals surface area contributed by atoms with E-state index in [-0.39, 0.29) is 0 Å². The molecule has 5 nitrogen and oxygen atoms in total. The predicted octanol–water partition coefficient (Wildman–Crippen LogP) is 0.942. The summed E-state index contributed by atoms with van der Waals surface area (Å²) in [6.07, 6.45) is 2.02. The van der Waals surface area contributed by atoms with Crippen molar-refractivity contribution in [3.63, 3.8) is 0 Å². The number of hydrogen-bond acceptors (Lipinski definition) is 4. The van der Waals surface area contributed by atoms with Crippen LogP contribution in [0.5, 0.6) is 0 Å². The molecule has 1 heterocycles. The predicted molar refractivity (Wildman–Crippen MR) is 70.8 cm³/mol. The van der Waals surface area contributed by atoms with Crippen LogP contribution in [0.2, 0.25) is 0 Å². The molecule has 0 radical (unpaired) electrons. The molecule has 0 aromatic heterocycles. The molecule has 1 fully saturated rings. The Morgan fingerprint density at radius 2 is 2.06 bits per heavy atom. The van der Waals surface area contributed by atoms with Gasteiger partial charge in [-0.3, -0.25) is 4.79 Å². The second kappa shape index (κ2) is 7.71. The Bertz CT molecular complexity index is 247. The highest BCUT2D eigenvalue weighted by Crippen LogP contribution is 2.21. The first-order valence-corrected chi connectivity index (χ1v) is 6.93. The average Bonchev–Trinajstić information content (AvgIpc) is 2.61. The molecule has 1 aliphatic heterocycles. The summed E-state index contributed by atoms with van der Waals surface area (Å²) < 4.78 is 5.36. The third kappa shape index (κ3) is 4.23. The van der Waals surface area contributed by atoms with Crippen LogP contribution in [0.15, 0.2) is 0 Å². The largest absolute Gasteiger partial charge is 0.480 e. The van der Waals surface area contributed by atoms with Gasteiger partial charge in [-0.2, -0.15) is 0 Å². The molecule has 1 aliphatic rings. The summed E-state index contributed by atoms with van der Waals surface area (Å²) in [5.41, 5.74) is -0.788. The van der Waals surface area contributed by atoms with Crippen molar-refractivity contribution in [1.82, 2.24) is 10.2 Å². The van der Waals surface area contributed by atoms with E-state index in [9.17, 15) is 9.90 Å². The SMILES string of the molecule is CCN(CC)CCNC1(C(=O)O)CCCOCC1. The van der Waals surface area contributed by atoms with E-state index in [1.807, 2.05) is 0 Å². The van der Waals surface area contributed by atoms with Crippen LogP contribution < -0.4 is 5.32 Å². The van der Waals surface area contributed by atoms with Gasteiger partial charge in [-0.05, 0) is 32.4 Å². The van der Waals surface area contributed by atoms with Crippen molar-refractivity contribution in [2.24, 2.45) is 0 Å². The lowest BCUT2D eigenvalue weighted by atomic mass is 9.90. The van der Waals surface area contributed by atoms with Gasteiger partial charge in [0, 0.05) is 26.3 Å². The van der Waals surface area contributed by atoms with Crippen molar-refractivity contribution in [3.8, 4) is 0 Å².